The number of ether oxygens (including phenoxy) is 1. The number of likely N-dealkylation sites (tertiary alicyclic amines) is 1. The van der Waals surface area contributed by atoms with Crippen LogP contribution in [0.3, 0.4) is 0 Å². The Bertz CT molecular complexity index is 163. The Morgan fingerprint density at radius 3 is 2.86 bits per heavy atom. The Morgan fingerprint density at radius 2 is 2.29 bits per heavy atom. The zero-order valence-corrected chi connectivity index (χ0v) is 9.70. The quantitative estimate of drug-likeness (QED) is 0.738. The van der Waals surface area contributed by atoms with Crippen LogP contribution in [-0.4, -0.2) is 43.8 Å². The summed E-state index contributed by atoms with van der Waals surface area (Å²) < 4.78 is 5.10. The zero-order chi connectivity index (χ0) is 10.6. The van der Waals surface area contributed by atoms with Gasteiger partial charge in [0.15, 0.2) is 0 Å². The van der Waals surface area contributed by atoms with Crippen LogP contribution in [0, 0.1) is 5.92 Å². The van der Waals surface area contributed by atoms with E-state index < -0.39 is 0 Å². The van der Waals surface area contributed by atoms with Crippen molar-refractivity contribution in [2.75, 3.05) is 26.8 Å². The second kappa shape index (κ2) is 5.69. The highest BCUT2D eigenvalue weighted by atomic mass is 16.5. The third-order valence-electron chi connectivity index (χ3n) is 3.37. The Labute approximate surface area is 87.6 Å². The molecule has 3 atom stereocenters. The predicted octanol–water partition coefficient (Wildman–Crippen LogP) is 1.08. The van der Waals surface area contributed by atoms with Crippen LogP contribution in [0.4, 0.5) is 0 Å². The van der Waals surface area contributed by atoms with E-state index in [1.165, 1.54) is 0 Å². The van der Waals surface area contributed by atoms with Gasteiger partial charge in [-0.2, -0.15) is 0 Å². The van der Waals surface area contributed by atoms with Gasteiger partial charge in [0, 0.05) is 32.3 Å². The number of rotatable bonds is 4. The highest BCUT2D eigenvalue weighted by Gasteiger charge is 2.25. The summed E-state index contributed by atoms with van der Waals surface area (Å²) in [5.74, 6) is 0.633. The molecule has 1 aliphatic heterocycles. The molecule has 0 spiro atoms. The van der Waals surface area contributed by atoms with E-state index in [0.717, 1.165) is 32.5 Å². The summed E-state index contributed by atoms with van der Waals surface area (Å²) in [5, 5.41) is 0. The summed E-state index contributed by atoms with van der Waals surface area (Å²) >= 11 is 0. The van der Waals surface area contributed by atoms with Gasteiger partial charge in [0.2, 0.25) is 0 Å². The van der Waals surface area contributed by atoms with E-state index in [2.05, 4.69) is 18.7 Å². The molecule has 0 bridgehead atoms. The normalized spacial score (nSPS) is 31.7. The van der Waals surface area contributed by atoms with Crippen molar-refractivity contribution in [3.63, 3.8) is 0 Å². The molecule has 0 amide bonds. The largest absolute Gasteiger partial charge is 0.385 e. The van der Waals surface area contributed by atoms with E-state index in [4.69, 9.17) is 10.5 Å². The van der Waals surface area contributed by atoms with Crippen molar-refractivity contribution >= 4 is 0 Å². The average Bonchev–Trinajstić information content (AvgIpc) is 2.18. The minimum absolute atomic E-state index is 0.404. The molecule has 3 nitrogen and oxygen atoms in total. The van der Waals surface area contributed by atoms with Crippen LogP contribution in [0.25, 0.3) is 0 Å². The summed E-state index contributed by atoms with van der Waals surface area (Å²) in [5.41, 5.74) is 5.99. The Balaban J connectivity index is 2.30. The molecule has 0 aromatic carbocycles. The molecule has 14 heavy (non-hydrogen) atoms. The van der Waals surface area contributed by atoms with Crippen LogP contribution in [0.2, 0.25) is 0 Å². The maximum Gasteiger partial charge on any atom is 0.0477 e. The van der Waals surface area contributed by atoms with E-state index in [1.807, 2.05) is 0 Å². The Hall–Kier alpha value is -0.120. The van der Waals surface area contributed by atoms with Crippen molar-refractivity contribution in [2.24, 2.45) is 11.7 Å². The van der Waals surface area contributed by atoms with Gasteiger partial charge in [0.25, 0.3) is 0 Å². The smallest absolute Gasteiger partial charge is 0.0477 e. The molecule has 0 saturated carbocycles. The highest BCUT2D eigenvalue weighted by molar-refractivity contribution is 4.82. The minimum atomic E-state index is 0.404. The lowest BCUT2D eigenvalue weighted by Crippen LogP contribution is -2.49. The van der Waals surface area contributed by atoms with Crippen LogP contribution in [0.1, 0.15) is 26.7 Å². The maximum absolute atomic E-state index is 5.99. The number of piperidine rings is 1. The Kier molecular flexibility index (Phi) is 4.85. The lowest BCUT2D eigenvalue weighted by Gasteiger charge is -2.38. The number of methoxy groups -OCH3 is 1. The number of hydrogen-bond acceptors (Lipinski definition) is 3. The topological polar surface area (TPSA) is 38.5 Å². The molecule has 0 aromatic heterocycles. The van der Waals surface area contributed by atoms with Crippen molar-refractivity contribution in [1.82, 2.24) is 4.90 Å². The highest BCUT2D eigenvalue weighted by Crippen LogP contribution is 2.18. The second-order valence-electron chi connectivity index (χ2n) is 4.56. The van der Waals surface area contributed by atoms with Gasteiger partial charge in [-0.15, -0.1) is 0 Å². The molecule has 0 aliphatic carbocycles. The van der Waals surface area contributed by atoms with Crippen molar-refractivity contribution in [3.8, 4) is 0 Å². The van der Waals surface area contributed by atoms with Crippen LogP contribution in [0.15, 0.2) is 0 Å². The van der Waals surface area contributed by atoms with Crippen LogP contribution < -0.4 is 5.73 Å². The number of hydrogen-bond donors (Lipinski definition) is 1. The van der Waals surface area contributed by atoms with Crippen LogP contribution in [-0.2, 0) is 4.74 Å². The molecule has 1 rings (SSSR count). The maximum atomic E-state index is 5.99. The monoisotopic (exact) mass is 200 g/mol. The van der Waals surface area contributed by atoms with Crippen molar-refractivity contribution in [3.05, 3.63) is 0 Å². The predicted molar refractivity (Wildman–Crippen MR) is 59.3 cm³/mol. The third kappa shape index (κ3) is 3.23. The fourth-order valence-electron chi connectivity index (χ4n) is 2.07. The van der Waals surface area contributed by atoms with Gasteiger partial charge in [-0.3, -0.25) is 0 Å². The van der Waals surface area contributed by atoms with Crippen molar-refractivity contribution in [2.45, 2.75) is 38.8 Å². The van der Waals surface area contributed by atoms with Crippen LogP contribution >= 0.6 is 0 Å². The average molecular weight is 200 g/mol. The summed E-state index contributed by atoms with van der Waals surface area (Å²) in [7, 11) is 1.77. The molecule has 0 radical (unpaired) electrons. The van der Waals surface area contributed by atoms with E-state index in [0.29, 0.717) is 18.0 Å². The SMILES string of the molecule is COCCC(C)N1CCC(N)C(C)C1. The molecular weight excluding hydrogens is 176 g/mol. The second-order valence-corrected chi connectivity index (χ2v) is 4.56. The summed E-state index contributed by atoms with van der Waals surface area (Å²) in [4.78, 5) is 2.53. The molecule has 1 saturated heterocycles. The summed E-state index contributed by atoms with van der Waals surface area (Å²) in [6, 6.07) is 1.03. The molecule has 84 valence electrons. The van der Waals surface area contributed by atoms with Crippen molar-refractivity contribution in [1.29, 1.82) is 0 Å². The molecule has 0 aromatic rings. The zero-order valence-electron chi connectivity index (χ0n) is 9.70. The first-order valence-electron chi connectivity index (χ1n) is 5.63. The van der Waals surface area contributed by atoms with Crippen molar-refractivity contribution < 1.29 is 4.74 Å². The van der Waals surface area contributed by atoms with Gasteiger partial charge >= 0.3 is 0 Å². The van der Waals surface area contributed by atoms with E-state index in [9.17, 15) is 0 Å². The molecule has 1 heterocycles. The van der Waals surface area contributed by atoms with Gasteiger partial charge < -0.3 is 15.4 Å². The first-order chi connectivity index (χ1) is 6.65. The summed E-state index contributed by atoms with van der Waals surface area (Å²) in [6.07, 6.45) is 2.26. The minimum Gasteiger partial charge on any atom is -0.385 e. The standard InChI is InChI=1S/C11H24N2O/c1-9-8-13(6-4-11(9)12)10(2)5-7-14-3/h9-11H,4-8,12H2,1-3H3. The lowest BCUT2D eigenvalue weighted by molar-refractivity contribution is 0.0954. The molecule has 1 aliphatic rings. The van der Waals surface area contributed by atoms with Gasteiger partial charge in [-0.25, -0.2) is 0 Å². The molecule has 1 fully saturated rings. The molecule has 3 unspecified atom stereocenters. The lowest BCUT2D eigenvalue weighted by atomic mass is 9.93. The summed E-state index contributed by atoms with van der Waals surface area (Å²) in [6.45, 7) is 7.68. The van der Waals surface area contributed by atoms with Gasteiger partial charge in [-0.1, -0.05) is 6.92 Å². The molecular formula is C11H24N2O. The molecule has 3 heteroatoms. The van der Waals surface area contributed by atoms with E-state index >= 15 is 0 Å². The van der Waals surface area contributed by atoms with E-state index in [1.54, 1.807) is 7.11 Å². The van der Waals surface area contributed by atoms with Gasteiger partial charge in [-0.05, 0) is 32.2 Å². The third-order valence-corrected chi connectivity index (χ3v) is 3.37. The number of nitrogens with two attached hydrogens (primary N) is 1. The van der Waals surface area contributed by atoms with Crippen LogP contribution in [0.5, 0.6) is 0 Å². The van der Waals surface area contributed by atoms with E-state index in [-0.39, 0.29) is 0 Å². The fourth-order valence-corrected chi connectivity index (χ4v) is 2.07. The first-order valence-corrected chi connectivity index (χ1v) is 5.63. The number of nitrogens with zero attached hydrogens (tertiary/aromatic N) is 1. The van der Waals surface area contributed by atoms with Gasteiger partial charge in [0.1, 0.15) is 0 Å². The molecule has 2 N–H and O–H groups in total. The van der Waals surface area contributed by atoms with Gasteiger partial charge in [0.05, 0.1) is 0 Å². The Morgan fingerprint density at radius 1 is 1.57 bits per heavy atom. The first kappa shape index (κ1) is 12.0. The fraction of sp³-hybridized carbons (Fsp3) is 1.00.